The number of hydrogen-bond donors (Lipinski definition) is 4. The number of H-pyrrole nitrogens is 1. The van der Waals surface area contributed by atoms with Gasteiger partial charge in [-0.25, -0.2) is 0 Å². The summed E-state index contributed by atoms with van der Waals surface area (Å²) < 4.78 is 5.26. The predicted molar refractivity (Wildman–Crippen MR) is 163 cm³/mol. The lowest BCUT2D eigenvalue weighted by molar-refractivity contribution is -0.184. The molecule has 1 heterocycles. The number of nitrogens with one attached hydrogen (secondary N) is 2. The van der Waals surface area contributed by atoms with E-state index in [4.69, 9.17) is 4.74 Å². The Hall–Kier alpha value is -3.30. The monoisotopic (exact) mass is 604 g/mol. The van der Waals surface area contributed by atoms with E-state index in [9.17, 15) is 29.4 Å². The second-order valence-electron chi connectivity index (χ2n) is 14.0. The minimum atomic E-state index is -1.71. The zero-order valence-electron chi connectivity index (χ0n) is 25.7. The minimum Gasteiger partial charge on any atom is -0.458 e. The molecule has 1 amide bonds. The van der Waals surface area contributed by atoms with Gasteiger partial charge in [0.25, 0.3) is 0 Å². The molecule has 0 spiro atoms. The summed E-state index contributed by atoms with van der Waals surface area (Å²) in [7, 11) is 0. The lowest BCUT2D eigenvalue weighted by Gasteiger charge is -2.60. The van der Waals surface area contributed by atoms with Crippen LogP contribution >= 0.6 is 0 Å². The first-order valence-electron chi connectivity index (χ1n) is 16.1. The fourth-order valence-electron chi connectivity index (χ4n) is 9.47. The van der Waals surface area contributed by atoms with Crippen LogP contribution in [-0.4, -0.2) is 63.5 Å². The van der Waals surface area contributed by atoms with Crippen molar-refractivity contribution in [3.63, 3.8) is 0 Å². The van der Waals surface area contributed by atoms with Crippen molar-refractivity contribution in [3.05, 3.63) is 47.7 Å². The van der Waals surface area contributed by atoms with Gasteiger partial charge in [-0.1, -0.05) is 37.6 Å². The molecule has 4 aliphatic carbocycles. The lowest BCUT2D eigenvalue weighted by Crippen LogP contribution is -2.62. The summed E-state index contributed by atoms with van der Waals surface area (Å²) in [6, 6.07) is 7.96. The third-order valence-electron chi connectivity index (χ3n) is 11.8. The number of ketones is 2. The molecular weight excluding hydrogens is 560 g/mol. The van der Waals surface area contributed by atoms with Gasteiger partial charge in [-0.05, 0) is 85.8 Å². The van der Waals surface area contributed by atoms with Crippen LogP contribution < -0.4 is 5.32 Å². The number of Topliss-reactive ketones (excluding diaryl/α,β-unsaturated/α-hetero) is 1. The van der Waals surface area contributed by atoms with Gasteiger partial charge in [0.15, 0.2) is 12.4 Å². The molecular formula is C35H44N2O7. The highest BCUT2D eigenvalue weighted by Crippen LogP contribution is 2.67. The van der Waals surface area contributed by atoms with E-state index in [1.54, 1.807) is 6.08 Å². The molecule has 6 rings (SSSR count). The smallest absolute Gasteiger partial charge is 0.306 e. The predicted octanol–water partition coefficient (Wildman–Crippen LogP) is 3.95. The maximum absolute atomic E-state index is 13.5. The SMILES string of the molecule is C[C@]12CCC(=O)C=C1CC[C@@H]1[C@H]2[C@@H](O)C[C@@]2(C)[C@H]1CC[C@]2(O)C(=O)COC(=O)CCC(=O)NCCc1c[nH]c2ccccc12. The van der Waals surface area contributed by atoms with E-state index in [1.165, 1.54) is 0 Å². The summed E-state index contributed by atoms with van der Waals surface area (Å²) in [5.74, 6) is -1.16. The van der Waals surface area contributed by atoms with E-state index in [1.807, 2.05) is 37.4 Å². The van der Waals surface area contributed by atoms with E-state index in [-0.39, 0.29) is 60.5 Å². The second-order valence-corrected chi connectivity index (χ2v) is 14.0. The van der Waals surface area contributed by atoms with Crippen molar-refractivity contribution in [2.24, 2.45) is 28.6 Å². The number of amides is 1. The molecule has 0 saturated heterocycles. The Bertz CT molecular complexity index is 1510. The van der Waals surface area contributed by atoms with Crippen molar-refractivity contribution >= 4 is 34.3 Å². The van der Waals surface area contributed by atoms with Gasteiger partial charge < -0.3 is 25.3 Å². The Morgan fingerprint density at radius 2 is 1.89 bits per heavy atom. The number of aliphatic hydroxyl groups excluding tert-OH is 1. The number of carbonyl (C=O) groups excluding carboxylic acids is 4. The molecule has 0 aliphatic heterocycles. The molecule has 0 radical (unpaired) electrons. The maximum Gasteiger partial charge on any atom is 0.306 e. The summed E-state index contributed by atoms with van der Waals surface area (Å²) in [5, 5.41) is 27.3. The lowest BCUT2D eigenvalue weighted by atomic mass is 9.45. The van der Waals surface area contributed by atoms with Crippen molar-refractivity contribution in [2.75, 3.05) is 13.2 Å². The zero-order chi connectivity index (χ0) is 31.3. The summed E-state index contributed by atoms with van der Waals surface area (Å²) in [5.41, 5.74) is 0.481. The topological polar surface area (TPSA) is 146 Å². The molecule has 1 aromatic carbocycles. The van der Waals surface area contributed by atoms with Crippen LogP contribution in [0.15, 0.2) is 42.1 Å². The fourth-order valence-corrected chi connectivity index (χ4v) is 9.47. The van der Waals surface area contributed by atoms with Crippen LogP contribution in [0.2, 0.25) is 0 Å². The molecule has 9 heteroatoms. The van der Waals surface area contributed by atoms with Crippen LogP contribution in [0.4, 0.5) is 0 Å². The number of aliphatic hydroxyl groups is 2. The number of esters is 1. The Morgan fingerprint density at radius 3 is 2.70 bits per heavy atom. The molecule has 0 bridgehead atoms. The highest BCUT2D eigenvalue weighted by molar-refractivity contribution is 5.92. The highest BCUT2D eigenvalue weighted by atomic mass is 16.5. The average Bonchev–Trinajstić information content (AvgIpc) is 3.53. The van der Waals surface area contributed by atoms with Gasteiger partial charge in [-0.15, -0.1) is 0 Å². The number of rotatable bonds is 9. The minimum absolute atomic E-state index is 0.0162. The normalized spacial score (nSPS) is 34.5. The average molecular weight is 605 g/mol. The molecule has 236 valence electrons. The quantitative estimate of drug-likeness (QED) is 0.317. The third-order valence-corrected chi connectivity index (χ3v) is 11.8. The number of carbonyl (C=O) groups is 4. The van der Waals surface area contributed by atoms with Crippen LogP contribution in [0.25, 0.3) is 10.9 Å². The highest BCUT2D eigenvalue weighted by Gasteiger charge is 2.68. The number of hydrogen-bond acceptors (Lipinski definition) is 7. The number of allylic oxidation sites excluding steroid dienone is 1. The summed E-state index contributed by atoms with van der Waals surface area (Å²) in [4.78, 5) is 53.6. The molecule has 1 aromatic heterocycles. The molecule has 9 nitrogen and oxygen atoms in total. The van der Waals surface area contributed by atoms with Crippen LogP contribution in [0.5, 0.6) is 0 Å². The molecule has 7 atom stereocenters. The number of benzene rings is 1. The van der Waals surface area contributed by atoms with Gasteiger partial charge in [0.1, 0.15) is 5.60 Å². The third kappa shape index (κ3) is 5.11. The van der Waals surface area contributed by atoms with Gasteiger partial charge in [0.2, 0.25) is 11.7 Å². The molecule has 3 saturated carbocycles. The largest absolute Gasteiger partial charge is 0.458 e. The molecule has 4 aliphatic rings. The molecule has 44 heavy (non-hydrogen) atoms. The van der Waals surface area contributed by atoms with E-state index in [0.717, 1.165) is 41.3 Å². The molecule has 4 N–H and O–H groups in total. The van der Waals surface area contributed by atoms with Crippen molar-refractivity contribution in [1.82, 2.24) is 10.3 Å². The number of para-hydroxylation sites is 1. The molecule has 3 fully saturated rings. The van der Waals surface area contributed by atoms with Crippen molar-refractivity contribution in [2.45, 2.75) is 89.8 Å². The van der Waals surface area contributed by atoms with Gasteiger partial charge in [-0.3, -0.25) is 19.2 Å². The van der Waals surface area contributed by atoms with Crippen LogP contribution in [-0.2, 0) is 30.3 Å². The fraction of sp³-hybridized carbons (Fsp3) is 0.600. The van der Waals surface area contributed by atoms with E-state index < -0.39 is 35.5 Å². The first kappa shape index (κ1) is 30.7. The Balaban J connectivity index is 1.00. The van der Waals surface area contributed by atoms with E-state index in [0.29, 0.717) is 25.8 Å². The van der Waals surface area contributed by atoms with Gasteiger partial charge in [0, 0.05) is 41.9 Å². The zero-order valence-corrected chi connectivity index (χ0v) is 25.7. The summed E-state index contributed by atoms with van der Waals surface area (Å²) >= 11 is 0. The molecule has 2 aromatic rings. The summed E-state index contributed by atoms with van der Waals surface area (Å²) in [6.07, 6.45) is 7.47. The van der Waals surface area contributed by atoms with Crippen LogP contribution in [0.1, 0.15) is 77.2 Å². The van der Waals surface area contributed by atoms with Crippen LogP contribution in [0.3, 0.4) is 0 Å². The molecule has 0 unspecified atom stereocenters. The summed E-state index contributed by atoms with van der Waals surface area (Å²) in [6.45, 7) is 3.95. The maximum atomic E-state index is 13.5. The first-order valence-corrected chi connectivity index (χ1v) is 16.1. The van der Waals surface area contributed by atoms with Crippen molar-refractivity contribution in [3.8, 4) is 0 Å². The number of aromatic amines is 1. The van der Waals surface area contributed by atoms with Crippen molar-refractivity contribution in [1.29, 1.82) is 0 Å². The Morgan fingerprint density at radius 1 is 1.09 bits per heavy atom. The Labute approximate surface area is 257 Å². The van der Waals surface area contributed by atoms with Gasteiger partial charge in [0.05, 0.1) is 12.5 Å². The van der Waals surface area contributed by atoms with Gasteiger partial charge in [-0.2, -0.15) is 0 Å². The number of ether oxygens (including phenoxy) is 1. The van der Waals surface area contributed by atoms with Crippen LogP contribution in [0, 0.1) is 28.6 Å². The van der Waals surface area contributed by atoms with Crippen molar-refractivity contribution < 1.29 is 34.1 Å². The second kappa shape index (κ2) is 11.6. The first-order chi connectivity index (χ1) is 21.0. The number of aromatic nitrogens is 1. The van der Waals surface area contributed by atoms with E-state index in [2.05, 4.69) is 17.2 Å². The Kier molecular flexibility index (Phi) is 8.07. The van der Waals surface area contributed by atoms with E-state index >= 15 is 0 Å². The number of fused-ring (bicyclic) bond motifs is 6. The van der Waals surface area contributed by atoms with Gasteiger partial charge >= 0.3 is 5.97 Å². The standard InChI is InChI=1S/C35H44N2O7/c1-33-14-11-23(38)17-22(33)7-8-25-26-12-15-35(43,34(26,2)18-28(39)32(25)33)29(40)20-44-31(42)10-9-30(41)36-16-13-21-19-37-27-6-4-3-5-24(21)27/h3-6,17,19,25-26,28,32,37,39,43H,7-16,18,20H2,1-2H3,(H,36,41)/t25-,26-,28-,32-,33-,34-,35-/m0/s1.